The van der Waals surface area contributed by atoms with Gasteiger partial charge in [-0.15, -0.1) is 0 Å². The highest BCUT2D eigenvalue weighted by molar-refractivity contribution is 6.31. The van der Waals surface area contributed by atoms with Gasteiger partial charge in [0, 0.05) is 66.8 Å². The average molecular weight is 492 g/mol. The molecule has 5 nitrogen and oxygen atoms in total. The van der Waals surface area contributed by atoms with Crippen LogP contribution in [0.2, 0.25) is 5.02 Å². The lowest BCUT2D eigenvalue weighted by atomic mass is 9.92. The van der Waals surface area contributed by atoms with E-state index in [1.807, 2.05) is 18.2 Å². The van der Waals surface area contributed by atoms with Gasteiger partial charge >= 0.3 is 0 Å². The van der Waals surface area contributed by atoms with Crippen molar-refractivity contribution in [3.63, 3.8) is 0 Å². The molecule has 1 fully saturated rings. The van der Waals surface area contributed by atoms with Crippen molar-refractivity contribution in [1.82, 2.24) is 14.4 Å². The molecule has 0 radical (unpaired) electrons. The predicted octanol–water partition coefficient (Wildman–Crippen LogP) is 5.12. The largest absolute Gasteiger partial charge is 0.379 e. The van der Waals surface area contributed by atoms with E-state index in [9.17, 15) is 4.79 Å². The minimum atomic E-state index is 0.0707. The summed E-state index contributed by atoms with van der Waals surface area (Å²) in [5, 5.41) is 0.641. The smallest absolute Gasteiger partial charge is 0.255 e. The first-order valence-corrected chi connectivity index (χ1v) is 13.0. The van der Waals surface area contributed by atoms with Crippen molar-refractivity contribution < 1.29 is 9.53 Å². The SMILES string of the molecule is CCc1cc(-c2cc(Cl)ccc2C(=O)N2Cc3ccccc3CC2CN2CCOCC2)n(C)c1C. The molecule has 5 rings (SSSR count). The highest BCUT2D eigenvalue weighted by atomic mass is 35.5. The topological polar surface area (TPSA) is 37.7 Å². The van der Waals surface area contributed by atoms with Crippen molar-refractivity contribution in [3.8, 4) is 11.3 Å². The van der Waals surface area contributed by atoms with Gasteiger partial charge in [0.2, 0.25) is 0 Å². The molecule has 0 spiro atoms. The fourth-order valence-corrected chi connectivity index (χ4v) is 5.69. The third-order valence-electron chi connectivity index (χ3n) is 7.70. The van der Waals surface area contributed by atoms with Crippen molar-refractivity contribution in [2.45, 2.75) is 39.3 Å². The van der Waals surface area contributed by atoms with Crippen LogP contribution in [-0.2, 0) is 31.2 Å². The molecule has 2 aliphatic heterocycles. The summed E-state index contributed by atoms with van der Waals surface area (Å²) >= 11 is 6.46. The van der Waals surface area contributed by atoms with E-state index in [0.717, 1.165) is 56.9 Å². The predicted molar refractivity (Wildman–Crippen MR) is 141 cm³/mol. The van der Waals surface area contributed by atoms with Gasteiger partial charge in [0.15, 0.2) is 0 Å². The summed E-state index contributed by atoms with van der Waals surface area (Å²) in [6.07, 6.45) is 1.82. The Balaban J connectivity index is 1.53. The molecular formula is C29H34ClN3O2. The normalized spacial score (nSPS) is 18.5. The molecule has 1 saturated heterocycles. The first kappa shape index (κ1) is 24.1. The molecule has 6 heteroatoms. The number of halogens is 1. The number of aromatic nitrogens is 1. The summed E-state index contributed by atoms with van der Waals surface area (Å²) in [6.45, 7) is 9.11. The molecule has 1 amide bonds. The fourth-order valence-electron chi connectivity index (χ4n) is 5.52. The number of amides is 1. The van der Waals surface area contributed by atoms with Crippen molar-refractivity contribution in [2.24, 2.45) is 7.05 Å². The summed E-state index contributed by atoms with van der Waals surface area (Å²) in [5.74, 6) is 0.0707. The van der Waals surface area contributed by atoms with E-state index in [2.05, 4.69) is 65.6 Å². The van der Waals surface area contributed by atoms with Crippen LogP contribution >= 0.6 is 11.6 Å². The van der Waals surface area contributed by atoms with Gasteiger partial charge in [0.05, 0.1) is 13.2 Å². The fraction of sp³-hybridized carbons (Fsp3) is 0.414. The lowest BCUT2D eigenvalue weighted by Crippen LogP contribution is -2.52. The third-order valence-corrected chi connectivity index (χ3v) is 7.93. The Labute approximate surface area is 213 Å². The number of morpholine rings is 1. The monoisotopic (exact) mass is 491 g/mol. The van der Waals surface area contributed by atoms with Gasteiger partial charge in [-0.1, -0.05) is 42.8 Å². The van der Waals surface area contributed by atoms with Crippen molar-refractivity contribution >= 4 is 17.5 Å². The Morgan fingerprint density at radius 2 is 1.83 bits per heavy atom. The van der Waals surface area contributed by atoms with Crippen LogP contribution in [0.25, 0.3) is 11.3 Å². The number of benzene rings is 2. The van der Waals surface area contributed by atoms with Crippen LogP contribution < -0.4 is 0 Å². The van der Waals surface area contributed by atoms with Crippen LogP contribution in [0.4, 0.5) is 0 Å². The van der Waals surface area contributed by atoms with E-state index < -0.39 is 0 Å². The third kappa shape index (κ3) is 4.77. The van der Waals surface area contributed by atoms with Gasteiger partial charge in [0.1, 0.15) is 0 Å². The Kier molecular flexibility index (Phi) is 7.01. The number of carbonyl (C=O) groups is 1. The highest BCUT2D eigenvalue weighted by Crippen LogP contribution is 2.33. The number of nitrogens with zero attached hydrogens (tertiary/aromatic N) is 3. The second-order valence-corrected chi connectivity index (χ2v) is 10.2. The summed E-state index contributed by atoms with van der Waals surface area (Å²) in [5.41, 5.74) is 7.73. The molecule has 0 saturated carbocycles. The summed E-state index contributed by atoms with van der Waals surface area (Å²) in [4.78, 5) is 18.8. The van der Waals surface area contributed by atoms with E-state index in [0.29, 0.717) is 17.1 Å². The van der Waals surface area contributed by atoms with Crippen LogP contribution in [0.1, 0.15) is 39.7 Å². The lowest BCUT2D eigenvalue weighted by molar-refractivity contribution is 0.0193. The molecule has 0 bridgehead atoms. The first-order valence-electron chi connectivity index (χ1n) is 12.6. The second kappa shape index (κ2) is 10.2. The number of fused-ring (bicyclic) bond motifs is 1. The van der Waals surface area contributed by atoms with Crippen LogP contribution in [0.5, 0.6) is 0 Å². The Morgan fingerprint density at radius 3 is 2.54 bits per heavy atom. The molecule has 1 aromatic heterocycles. The summed E-state index contributed by atoms with van der Waals surface area (Å²) in [7, 11) is 2.07. The van der Waals surface area contributed by atoms with Gasteiger partial charge in [0.25, 0.3) is 5.91 Å². The zero-order valence-electron chi connectivity index (χ0n) is 20.9. The first-order chi connectivity index (χ1) is 17.0. The number of ether oxygens (including phenoxy) is 1. The molecule has 35 heavy (non-hydrogen) atoms. The molecule has 0 aliphatic carbocycles. The summed E-state index contributed by atoms with van der Waals surface area (Å²) < 4.78 is 7.74. The zero-order valence-corrected chi connectivity index (χ0v) is 21.6. The Hall–Kier alpha value is -2.60. The Bertz CT molecular complexity index is 1230. The van der Waals surface area contributed by atoms with Gasteiger partial charge < -0.3 is 14.2 Å². The minimum absolute atomic E-state index is 0.0707. The number of carbonyl (C=O) groups excluding carboxylic acids is 1. The van der Waals surface area contributed by atoms with Crippen LogP contribution in [0.3, 0.4) is 0 Å². The van der Waals surface area contributed by atoms with E-state index in [1.54, 1.807) is 0 Å². The number of rotatable bonds is 5. The quantitative estimate of drug-likeness (QED) is 0.497. The molecule has 3 aromatic rings. The maximum absolute atomic E-state index is 14.3. The molecular weight excluding hydrogens is 458 g/mol. The molecule has 184 valence electrons. The molecule has 3 heterocycles. The molecule has 2 aromatic carbocycles. The molecule has 0 N–H and O–H groups in total. The van der Waals surface area contributed by atoms with Crippen molar-refractivity contribution in [1.29, 1.82) is 0 Å². The van der Waals surface area contributed by atoms with E-state index in [-0.39, 0.29) is 11.9 Å². The molecule has 1 unspecified atom stereocenters. The van der Waals surface area contributed by atoms with E-state index >= 15 is 0 Å². The zero-order chi connectivity index (χ0) is 24.5. The van der Waals surface area contributed by atoms with Gasteiger partial charge in [-0.25, -0.2) is 0 Å². The van der Waals surface area contributed by atoms with Crippen molar-refractivity contribution in [2.75, 3.05) is 32.8 Å². The van der Waals surface area contributed by atoms with Crippen LogP contribution in [0.15, 0.2) is 48.5 Å². The van der Waals surface area contributed by atoms with Gasteiger partial charge in [-0.2, -0.15) is 0 Å². The Morgan fingerprint density at radius 1 is 1.09 bits per heavy atom. The van der Waals surface area contributed by atoms with Gasteiger partial charge in [-0.05, 0) is 60.7 Å². The second-order valence-electron chi connectivity index (χ2n) is 9.72. The molecule has 1 atom stereocenters. The summed E-state index contributed by atoms with van der Waals surface area (Å²) in [6, 6.07) is 16.5. The van der Waals surface area contributed by atoms with E-state index in [4.69, 9.17) is 16.3 Å². The van der Waals surface area contributed by atoms with Crippen LogP contribution in [-0.4, -0.2) is 59.2 Å². The number of aryl methyl sites for hydroxylation is 1. The minimum Gasteiger partial charge on any atom is -0.379 e. The maximum atomic E-state index is 14.3. The van der Waals surface area contributed by atoms with Crippen molar-refractivity contribution in [3.05, 3.63) is 81.5 Å². The number of hydrogen-bond donors (Lipinski definition) is 0. The van der Waals surface area contributed by atoms with Crippen LogP contribution in [0, 0.1) is 6.92 Å². The highest BCUT2D eigenvalue weighted by Gasteiger charge is 2.33. The standard InChI is InChI=1S/C29H34ClN3O2/c1-4-21-16-28(31(3)20(21)2)27-17-24(30)9-10-26(27)29(34)33-18-23-8-6-5-7-22(23)15-25(33)19-32-11-13-35-14-12-32/h5-10,16-17,25H,4,11-15,18-19H2,1-3H3. The van der Waals surface area contributed by atoms with Gasteiger partial charge in [-0.3, -0.25) is 9.69 Å². The lowest BCUT2D eigenvalue weighted by Gasteiger charge is -2.40. The maximum Gasteiger partial charge on any atom is 0.255 e. The van der Waals surface area contributed by atoms with E-state index in [1.165, 1.54) is 22.4 Å². The molecule has 2 aliphatic rings. The number of hydrogen-bond acceptors (Lipinski definition) is 3. The average Bonchev–Trinajstić information content (AvgIpc) is 3.17.